The molecule has 0 spiro atoms. The number of Topliss-reactive ketones (excluding diaryl/α,β-unsaturated/α-hetero) is 1. The summed E-state index contributed by atoms with van der Waals surface area (Å²) in [7, 11) is 3.13. The molecule has 0 saturated carbocycles. The quantitative estimate of drug-likeness (QED) is 0.353. The first-order valence-electron chi connectivity index (χ1n) is 11.8. The van der Waals surface area contributed by atoms with Crippen molar-refractivity contribution >= 4 is 17.4 Å². The highest BCUT2D eigenvalue weighted by Crippen LogP contribution is 2.43. The number of aryl methyl sites for hydroxylation is 1. The molecule has 0 radical (unpaired) electrons. The molecule has 1 atom stereocenters. The number of carbonyl (C=O) groups is 2. The average Bonchev–Trinajstić information content (AvgIpc) is 3.13. The van der Waals surface area contributed by atoms with Gasteiger partial charge in [0.25, 0.3) is 11.7 Å². The number of para-hydroxylation sites is 1. The van der Waals surface area contributed by atoms with E-state index in [1.807, 2.05) is 25.1 Å². The van der Waals surface area contributed by atoms with Crippen LogP contribution in [-0.2, 0) is 14.3 Å². The van der Waals surface area contributed by atoms with Gasteiger partial charge in [0.05, 0.1) is 39.0 Å². The fourth-order valence-electron chi connectivity index (χ4n) is 4.80. The van der Waals surface area contributed by atoms with Crippen molar-refractivity contribution in [2.75, 3.05) is 53.6 Å². The number of likely N-dealkylation sites (tertiary alicyclic amines) is 1. The van der Waals surface area contributed by atoms with E-state index in [2.05, 4.69) is 4.90 Å². The van der Waals surface area contributed by atoms with Gasteiger partial charge in [-0.1, -0.05) is 18.2 Å². The van der Waals surface area contributed by atoms with Gasteiger partial charge in [-0.3, -0.25) is 14.5 Å². The number of rotatable bonds is 8. The first kappa shape index (κ1) is 24.8. The Balaban J connectivity index is 1.72. The molecule has 2 aliphatic rings. The van der Waals surface area contributed by atoms with E-state index in [0.29, 0.717) is 48.8 Å². The van der Waals surface area contributed by atoms with Gasteiger partial charge < -0.3 is 24.2 Å². The fourth-order valence-corrected chi connectivity index (χ4v) is 4.80. The largest absolute Gasteiger partial charge is 0.507 e. The maximum absolute atomic E-state index is 13.3. The SMILES string of the molecule is COc1ccc(C(O)=C2C(=O)C(=O)N(CCCN3CCOCC3)[C@H]2c2ccccc2OC)cc1C. The third kappa shape index (κ3) is 5.04. The van der Waals surface area contributed by atoms with Crippen LogP contribution in [0.4, 0.5) is 0 Å². The molecule has 186 valence electrons. The monoisotopic (exact) mass is 480 g/mol. The van der Waals surface area contributed by atoms with E-state index < -0.39 is 17.7 Å². The summed E-state index contributed by atoms with van der Waals surface area (Å²) in [4.78, 5) is 30.4. The highest BCUT2D eigenvalue weighted by atomic mass is 16.5. The minimum atomic E-state index is -0.752. The summed E-state index contributed by atoms with van der Waals surface area (Å²) < 4.78 is 16.3. The van der Waals surface area contributed by atoms with Gasteiger partial charge in [-0.2, -0.15) is 0 Å². The van der Waals surface area contributed by atoms with Crippen LogP contribution in [0.5, 0.6) is 11.5 Å². The number of ketones is 1. The molecule has 0 aromatic heterocycles. The molecule has 0 bridgehead atoms. The van der Waals surface area contributed by atoms with Gasteiger partial charge >= 0.3 is 0 Å². The normalized spacial score (nSPS) is 20.3. The second-order valence-electron chi connectivity index (χ2n) is 8.73. The highest BCUT2D eigenvalue weighted by molar-refractivity contribution is 6.46. The predicted molar refractivity (Wildman–Crippen MR) is 132 cm³/mol. The first-order valence-corrected chi connectivity index (χ1v) is 11.8. The maximum atomic E-state index is 13.3. The minimum Gasteiger partial charge on any atom is -0.507 e. The molecular formula is C27H32N2O6. The van der Waals surface area contributed by atoms with E-state index in [4.69, 9.17) is 14.2 Å². The van der Waals surface area contributed by atoms with Crippen LogP contribution in [0.25, 0.3) is 5.76 Å². The van der Waals surface area contributed by atoms with Crippen LogP contribution >= 0.6 is 0 Å². The Morgan fingerprint density at radius 3 is 2.43 bits per heavy atom. The molecule has 2 aromatic rings. The number of morpholine rings is 1. The average molecular weight is 481 g/mol. The summed E-state index contributed by atoms with van der Waals surface area (Å²) >= 11 is 0. The number of aliphatic hydroxyl groups excluding tert-OH is 1. The molecule has 1 N–H and O–H groups in total. The summed E-state index contributed by atoms with van der Waals surface area (Å²) in [6.07, 6.45) is 0.695. The number of methoxy groups -OCH3 is 2. The summed E-state index contributed by atoms with van der Waals surface area (Å²) in [5.41, 5.74) is 1.99. The van der Waals surface area contributed by atoms with E-state index in [9.17, 15) is 14.7 Å². The second kappa shape index (κ2) is 10.9. The molecule has 35 heavy (non-hydrogen) atoms. The Labute approximate surface area is 205 Å². The van der Waals surface area contributed by atoms with Crippen LogP contribution in [0.3, 0.4) is 0 Å². The number of amides is 1. The van der Waals surface area contributed by atoms with E-state index >= 15 is 0 Å². The Bertz CT molecular complexity index is 1120. The van der Waals surface area contributed by atoms with Gasteiger partial charge in [-0.25, -0.2) is 0 Å². The second-order valence-corrected chi connectivity index (χ2v) is 8.73. The molecule has 4 rings (SSSR count). The zero-order valence-corrected chi connectivity index (χ0v) is 20.5. The highest BCUT2D eigenvalue weighted by Gasteiger charge is 2.46. The van der Waals surface area contributed by atoms with Crippen molar-refractivity contribution in [1.82, 2.24) is 9.80 Å². The number of benzene rings is 2. The van der Waals surface area contributed by atoms with Gasteiger partial charge in [0, 0.05) is 37.3 Å². The van der Waals surface area contributed by atoms with Crippen LogP contribution in [-0.4, -0.2) is 80.2 Å². The van der Waals surface area contributed by atoms with Crippen molar-refractivity contribution < 1.29 is 28.9 Å². The Morgan fingerprint density at radius 1 is 1.03 bits per heavy atom. The van der Waals surface area contributed by atoms with Crippen molar-refractivity contribution in [3.8, 4) is 11.5 Å². The van der Waals surface area contributed by atoms with E-state index in [1.165, 1.54) is 0 Å². The van der Waals surface area contributed by atoms with Crippen LogP contribution < -0.4 is 9.47 Å². The summed E-state index contributed by atoms with van der Waals surface area (Å²) in [5.74, 6) is -0.297. The molecule has 0 aliphatic carbocycles. The molecule has 0 unspecified atom stereocenters. The number of carbonyl (C=O) groups excluding carboxylic acids is 2. The van der Waals surface area contributed by atoms with Gasteiger partial charge in [0.15, 0.2) is 0 Å². The zero-order chi connectivity index (χ0) is 24.9. The molecule has 2 aromatic carbocycles. The number of hydrogen-bond donors (Lipinski definition) is 1. The standard InChI is InChI=1S/C27H32N2O6/c1-18-17-19(9-10-21(18)33-2)25(30)23-24(20-7-4-5-8-22(20)34-3)29(27(32)26(23)31)12-6-11-28-13-15-35-16-14-28/h4-5,7-10,17,24,30H,6,11-16H2,1-3H3/t24-/m0/s1. The van der Waals surface area contributed by atoms with Gasteiger partial charge in [0.1, 0.15) is 17.3 Å². The lowest BCUT2D eigenvalue weighted by molar-refractivity contribution is -0.140. The van der Waals surface area contributed by atoms with Crippen molar-refractivity contribution in [1.29, 1.82) is 0 Å². The molecule has 1 amide bonds. The number of aliphatic hydroxyl groups is 1. The third-order valence-corrected chi connectivity index (χ3v) is 6.62. The van der Waals surface area contributed by atoms with E-state index in [0.717, 1.165) is 25.2 Å². The van der Waals surface area contributed by atoms with Gasteiger partial charge in [-0.15, -0.1) is 0 Å². The lowest BCUT2D eigenvalue weighted by atomic mass is 9.94. The van der Waals surface area contributed by atoms with Crippen LogP contribution in [0.1, 0.15) is 29.2 Å². The Hall–Kier alpha value is -3.36. The topological polar surface area (TPSA) is 88.5 Å². The van der Waals surface area contributed by atoms with E-state index in [-0.39, 0.29) is 11.3 Å². The van der Waals surface area contributed by atoms with Gasteiger partial charge in [-0.05, 0) is 43.2 Å². The van der Waals surface area contributed by atoms with Crippen LogP contribution in [0.2, 0.25) is 0 Å². The molecule has 8 nitrogen and oxygen atoms in total. The molecule has 2 aliphatic heterocycles. The molecule has 2 saturated heterocycles. The van der Waals surface area contributed by atoms with Crippen molar-refractivity contribution in [3.63, 3.8) is 0 Å². The third-order valence-electron chi connectivity index (χ3n) is 6.62. The predicted octanol–water partition coefficient (Wildman–Crippen LogP) is 3.16. The molecule has 2 heterocycles. The first-order chi connectivity index (χ1) is 17.0. The Kier molecular flexibility index (Phi) is 7.73. The van der Waals surface area contributed by atoms with E-state index in [1.54, 1.807) is 43.4 Å². The van der Waals surface area contributed by atoms with Crippen molar-refractivity contribution in [3.05, 3.63) is 64.7 Å². The number of nitrogens with zero attached hydrogens (tertiary/aromatic N) is 2. The Morgan fingerprint density at radius 2 is 1.74 bits per heavy atom. The maximum Gasteiger partial charge on any atom is 0.295 e. The summed E-state index contributed by atoms with van der Waals surface area (Å²) in [6.45, 7) is 6.14. The number of hydrogen-bond acceptors (Lipinski definition) is 7. The lowest BCUT2D eigenvalue weighted by Gasteiger charge is -2.29. The zero-order valence-electron chi connectivity index (χ0n) is 20.5. The molecule has 8 heteroatoms. The molecular weight excluding hydrogens is 448 g/mol. The molecule has 2 fully saturated rings. The summed E-state index contributed by atoms with van der Waals surface area (Å²) in [5, 5.41) is 11.3. The van der Waals surface area contributed by atoms with Gasteiger partial charge in [0.2, 0.25) is 0 Å². The van der Waals surface area contributed by atoms with Crippen LogP contribution in [0.15, 0.2) is 48.0 Å². The van der Waals surface area contributed by atoms with Crippen molar-refractivity contribution in [2.45, 2.75) is 19.4 Å². The fraction of sp³-hybridized carbons (Fsp3) is 0.407. The summed E-state index contributed by atoms with van der Waals surface area (Å²) in [6, 6.07) is 11.7. The minimum absolute atomic E-state index is 0.0652. The lowest BCUT2D eigenvalue weighted by Crippen LogP contribution is -2.39. The number of ether oxygens (including phenoxy) is 3. The smallest absolute Gasteiger partial charge is 0.295 e. The van der Waals surface area contributed by atoms with Crippen LogP contribution in [0, 0.1) is 6.92 Å². The van der Waals surface area contributed by atoms with Crippen molar-refractivity contribution in [2.24, 2.45) is 0 Å².